The van der Waals surface area contributed by atoms with Gasteiger partial charge in [-0.05, 0) is 29.8 Å². The minimum atomic E-state index is 0.484. The van der Waals surface area contributed by atoms with Crippen LogP contribution >= 0.6 is 0 Å². The third-order valence-corrected chi connectivity index (χ3v) is 3.02. The van der Waals surface area contributed by atoms with Gasteiger partial charge in [0.2, 0.25) is 0 Å². The number of methoxy groups -OCH3 is 1. The van der Waals surface area contributed by atoms with Crippen molar-refractivity contribution in [2.45, 2.75) is 13.0 Å². The molecule has 0 spiro atoms. The summed E-state index contributed by atoms with van der Waals surface area (Å²) in [5.74, 6) is 2.32. The molecule has 0 aliphatic carbocycles. The molecule has 0 fully saturated rings. The van der Waals surface area contributed by atoms with E-state index in [1.165, 1.54) is 0 Å². The number of benzene rings is 2. The van der Waals surface area contributed by atoms with Crippen LogP contribution in [0.1, 0.15) is 12.0 Å². The smallest absolute Gasteiger partial charge is 0.161 e. The standard InChI is InChI=1S/C17H21NO3/c1-19-16-9-8-14(13-18)12-17(16)21-11-5-10-20-15-6-3-2-4-7-15/h2-4,6-9,12H,5,10-11,13,18H2,1H3. The van der Waals surface area contributed by atoms with Gasteiger partial charge in [-0.1, -0.05) is 24.3 Å². The zero-order valence-electron chi connectivity index (χ0n) is 12.2. The van der Waals surface area contributed by atoms with Gasteiger partial charge in [-0.25, -0.2) is 0 Å². The Morgan fingerprint density at radius 3 is 2.38 bits per heavy atom. The van der Waals surface area contributed by atoms with Crippen LogP contribution in [0.3, 0.4) is 0 Å². The van der Waals surface area contributed by atoms with Crippen molar-refractivity contribution in [3.05, 3.63) is 54.1 Å². The van der Waals surface area contributed by atoms with Crippen molar-refractivity contribution in [2.75, 3.05) is 20.3 Å². The number of rotatable bonds is 8. The van der Waals surface area contributed by atoms with E-state index >= 15 is 0 Å². The van der Waals surface area contributed by atoms with E-state index in [-0.39, 0.29) is 0 Å². The van der Waals surface area contributed by atoms with Crippen molar-refractivity contribution in [3.8, 4) is 17.2 Å². The first-order valence-corrected chi connectivity index (χ1v) is 7.01. The Morgan fingerprint density at radius 2 is 1.67 bits per heavy atom. The first-order valence-electron chi connectivity index (χ1n) is 7.01. The fourth-order valence-corrected chi connectivity index (χ4v) is 1.91. The van der Waals surface area contributed by atoms with E-state index in [1.807, 2.05) is 48.5 Å². The van der Waals surface area contributed by atoms with Crippen LogP contribution in [-0.4, -0.2) is 20.3 Å². The van der Waals surface area contributed by atoms with E-state index < -0.39 is 0 Å². The van der Waals surface area contributed by atoms with Crippen LogP contribution in [0.4, 0.5) is 0 Å². The second-order valence-corrected chi connectivity index (χ2v) is 4.55. The van der Waals surface area contributed by atoms with E-state index in [9.17, 15) is 0 Å². The summed E-state index contributed by atoms with van der Waals surface area (Å²) in [5, 5.41) is 0. The maximum absolute atomic E-state index is 5.75. The molecule has 4 nitrogen and oxygen atoms in total. The van der Waals surface area contributed by atoms with Gasteiger partial charge in [0, 0.05) is 13.0 Å². The molecule has 0 radical (unpaired) electrons. The molecule has 0 saturated carbocycles. The molecule has 0 amide bonds. The molecule has 0 unspecified atom stereocenters. The maximum atomic E-state index is 5.75. The molecule has 2 aromatic carbocycles. The van der Waals surface area contributed by atoms with Gasteiger partial charge in [-0.15, -0.1) is 0 Å². The summed E-state index contributed by atoms with van der Waals surface area (Å²) < 4.78 is 16.6. The zero-order chi connectivity index (χ0) is 14.9. The lowest BCUT2D eigenvalue weighted by molar-refractivity contribution is 0.240. The minimum Gasteiger partial charge on any atom is -0.493 e. The molecule has 0 heterocycles. The summed E-state index contributed by atoms with van der Waals surface area (Å²) >= 11 is 0. The first kappa shape index (κ1) is 15.2. The molecule has 0 saturated heterocycles. The monoisotopic (exact) mass is 287 g/mol. The second kappa shape index (κ2) is 8.17. The lowest BCUT2D eigenvalue weighted by Gasteiger charge is -2.12. The van der Waals surface area contributed by atoms with E-state index in [0.717, 1.165) is 29.2 Å². The number of nitrogens with two attached hydrogens (primary N) is 1. The maximum Gasteiger partial charge on any atom is 0.161 e. The van der Waals surface area contributed by atoms with Crippen molar-refractivity contribution in [1.82, 2.24) is 0 Å². The molecule has 0 aromatic heterocycles. The minimum absolute atomic E-state index is 0.484. The molecular formula is C17H21NO3. The average Bonchev–Trinajstić information content (AvgIpc) is 2.55. The van der Waals surface area contributed by atoms with Gasteiger partial charge in [0.25, 0.3) is 0 Å². The lowest BCUT2D eigenvalue weighted by atomic mass is 10.2. The fraction of sp³-hybridized carbons (Fsp3) is 0.294. The predicted octanol–water partition coefficient (Wildman–Crippen LogP) is 3.00. The summed E-state index contributed by atoms with van der Waals surface area (Å²) in [6.07, 6.45) is 0.797. The van der Waals surface area contributed by atoms with Crippen LogP contribution in [0, 0.1) is 0 Å². The second-order valence-electron chi connectivity index (χ2n) is 4.55. The number of para-hydroxylation sites is 1. The van der Waals surface area contributed by atoms with Crippen molar-refractivity contribution in [3.63, 3.8) is 0 Å². The fourth-order valence-electron chi connectivity index (χ4n) is 1.91. The Kier molecular flexibility index (Phi) is 5.91. The van der Waals surface area contributed by atoms with Gasteiger partial charge in [0.15, 0.2) is 11.5 Å². The summed E-state index contributed by atoms with van der Waals surface area (Å²) in [7, 11) is 1.63. The summed E-state index contributed by atoms with van der Waals surface area (Å²) in [6, 6.07) is 15.5. The summed E-state index contributed by atoms with van der Waals surface area (Å²) in [5.41, 5.74) is 6.65. The lowest BCUT2D eigenvalue weighted by Crippen LogP contribution is -2.06. The van der Waals surface area contributed by atoms with Crippen LogP contribution < -0.4 is 19.9 Å². The normalized spacial score (nSPS) is 10.2. The van der Waals surface area contributed by atoms with Gasteiger partial charge in [-0.3, -0.25) is 0 Å². The first-order chi connectivity index (χ1) is 10.3. The van der Waals surface area contributed by atoms with Crippen molar-refractivity contribution in [2.24, 2.45) is 5.73 Å². The SMILES string of the molecule is COc1ccc(CN)cc1OCCCOc1ccccc1. The van der Waals surface area contributed by atoms with Crippen molar-refractivity contribution < 1.29 is 14.2 Å². The Morgan fingerprint density at radius 1 is 0.905 bits per heavy atom. The molecule has 112 valence electrons. The highest BCUT2D eigenvalue weighted by molar-refractivity contribution is 5.42. The molecule has 0 aliphatic rings. The molecule has 2 rings (SSSR count). The molecule has 2 aromatic rings. The Bertz CT molecular complexity index is 543. The van der Waals surface area contributed by atoms with Crippen molar-refractivity contribution in [1.29, 1.82) is 0 Å². The van der Waals surface area contributed by atoms with E-state index in [2.05, 4.69) is 0 Å². The molecule has 0 atom stereocenters. The highest BCUT2D eigenvalue weighted by Gasteiger charge is 2.05. The molecule has 0 bridgehead atoms. The summed E-state index contributed by atoms with van der Waals surface area (Å²) in [4.78, 5) is 0. The average molecular weight is 287 g/mol. The van der Waals surface area contributed by atoms with Crippen LogP contribution in [-0.2, 0) is 6.54 Å². The van der Waals surface area contributed by atoms with E-state index in [1.54, 1.807) is 7.11 Å². The molecule has 2 N–H and O–H groups in total. The Labute approximate surface area is 125 Å². The largest absolute Gasteiger partial charge is 0.493 e. The van der Waals surface area contributed by atoms with Crippen molar-refractivity contribution >= 4 is 0 Å². The van der Waals surface area contributed by atoms with Gasteiger partial charge in [-0.2, -0.15) is 0 Å². The topological polar surface area (TPSA) is 53.7 Å². The Hall–Kier alpha value is -2.20. The van der Waals surface area contributed by atoms with Gasteiger partial charge in [0.1, 0.15) is 5.75 Å². The highest BCUT2D eigenvalue weighted by atomic mass is 16.5. The van der Waals surface area contributed by atoms with Gasteiger partial charge < -0.3 is 19.9 Å². The molecule has 21 heavy (non-hydrogen) atoms. The van der Waals surface area contributed by atoms with E-state index in [4.69, 9.17) is 19.9 Å². The highest BCUT2D eigenvalue weighted by Crippen LogP contribution is 2.28. The molecule has 0 aliphatic heterocycles. The Balaban J connectivity index is 1.78. The van der Waals surface area contributed by atoms with Crippen LogP contribution in [0.5, 0.6) is 17.2 Å². The molecular weight excluding hydrogens is 266 g/mol. The predicted molar refractivity (Wildman–Crippen MR) is 82.9 cm³/mol. The van der Waals surface area contributed by atoms with Crippen LogP contribution in [0.2, 0.25) is 0 Å². The van der Waals surface area contributed by atoms with Crippen LogP contribution in [0.15, 0.2) is 48.5 Å². The third-order valence-electron chi connectivity index (χ3n) is 3.02. The quantitative estimate of drug-likeness (QED) is 0.758. The zero-order valence-corrected chi connectivity index (χ0v) is 12.2. The van der Waals surface area contributed by atoms with Crippen LogP contribution in [0.25, 0.3) is 0 Å². The number of hydrogen-bond acceptors (Lipinski definition) is 4. The number of ether oxygens (including phenoxy) is 3. The summed E-state index contributed by atoms with van der Waals surface area (Å²) in [6.45, 7) is 1.66. The van der Waals surface area contributed by atoms with Gasteiger partial charge in [0.05, 0.1) is 20.3 Å². The van der Waals surface area contributed by atoms with E-state index in [0.29, 0.717) is 19.8 Å². The van der Waals surface area contributed by atoms with Gasteiger partial charge >= 0.3 is 0 Å². The molecule has 4 heteroatoms. The number of hydrogen-bond donors (Lipinski definition) is 1. The third kappa shape index (κ3) is 4.68.